The van der Waals surface area contributed by atoms with Crippen molar-refractivity contribution in [2.24, 2.45) is 0 Å². The first kappa shape index (κ1) is 34.3. The predicted molar refractivity (Wildman–Crippen MR) is 168 cm³/mol. The first-order valence-electron chi connectivity index (χ1n) is 15.9. The van der Waals surface area contributed by atoms with Crippen molar-refractivity contribution >= 4 is 23.6 Å². The van der Waals surface area contributed by atoms with Crippen LogP contribution in [0, 0.1) is 0 Å². The summed E-state index contributed by atoms with van der Waals surface area (Å²) in [5.74, 6) is 1.72. The number of carbonyl (C=O) groups is 1. The number of esters is 1. The number of anilines is 3. The minimum Gasteiger partial charge on any atom is -0.469 e. The lowest BCUT2D eigenvalue weighted by molar-refractivity contribution is -0.142. The fraction of sp³-hybridized carbons (Fsp3) is 0.581. The number of aromatic nitrogens is 5. The number of nitrogens with zero attached hydrogens (tertiary/aromatic N) is 7. The van der Waals surface area contributed by atoms with Crippen LogP contribution in [0.2, 0.25) is 0 Å². The number of ether oxygens (including phenoxy) is 3. The topological polar surface area (TPSA) is 132 Å². The Morgan fingerprint density at radius 1 is 1.06 bits per heavy atom. The van der Waals surface area contributed by atoms with Gasteiger partial charge in [0.05, 0.1) is 51.7 Å². The van der Waals surface area contributed by atoms with Crippen LogP contribution in [-0.2, 0) is 44.8 Å². The van der Waals surface area contributed by atoms with E-state index in [2.05, 4.69) is 35.5 Å². The molecular weight excluding hydrogens is 619 g/mol. The van der Waals surface area contributed by atoms with Gasteiger partial charge in [-0.15, -0.1) is 5.10 Å². The van der Waals surface area contributed by atoms with Gasteiger partial charge in [-0.2, -0.15) is 23.1 Å². The highest BCUT2D eigenvalue weighted by atomic mass is 19.4. The molecule has 0 spiro atoms. The Kier molecular flexibility index (Phi) is 12.2. The lowest BCUT2D eigenvalue weighted by atomic mass is 10.0. The lowest BCUT2D eigenvalue weighted by Gasteiger charge is -2.33. The summed E-state index contributed by atoms with van der Waals surface area (Å²) in [5.41, 5.74) is 0.984. The second-order valence-electron chi connectivity index (χ2n) is 11.5. The van der Waals surface area contributed by atoms with Crippen LogP contribution in [0.25, 0.3) is 0 Å². The number of alkyl halides is 3. The molecule has 2 N–H and O–H groups in total. The molecule has 0 amide bonds. The Balaban J connectivity index is 1.12. The van der Waals surface area contributed by atoms with E-state index in [9.17, 15) is 18.0 Å². The molecule has 2 fully saturated rings. The largest absolute Gasteiger partial charge is 0.469 e. The van der Waals surface area contributed by atoms with Crippen LogP contribution in [0.4, 0.5) is 30.8 Å². The van der Waals surface area contributed by atoms with Crippen LogP contribution in [-0.4, -0.2) is 102 Å². The number of hydrogen-bond donors (Lipinski definition) is 2. The molecule has 16 heteroatoms. The second kappa shape index (κ2) is 16.7. The molecule has 4 heterocycles. The number of carbonyl (C=O) groups excluding carboxylic acids is 1. The van der Waals surface area contributed by atoms with Crippen molar-refractivity contribution in [1.29, 1.82) is 0 Å². The lowest BCUT2D eigenvalue weighted by Crippen LogP contribution is -2.39. The first-order chi connectivity index (χ1) is 22.7. The van der Waals surface area contributed by atoms with Gasteiger partial charge in [-0.05, 0) is 37.0 Å². The van der Waals surface area contributed by atoms with E-state index < -0.39 is 11.7 Å². The summed E-state index contributed by atoms with van der Waals surface area (Å²) in [5, 5.41) is 15.3. The monoisotopic (exact) mass is 661 g/mol. The molecule has 0 unspecified atom stereocenters. The van der Waals surface area contributed by atoms with Gasteiger partial charge in [0.15, 0.2) is 0 Å². The number of methoxy groups -OCH3 is 1. The van der Waals surface area contributed by atoms with E-state index in [1.807, 2.05) is 12.3 Å². The SMILES string of the molecule is COC(=O)CCOCCCn1cc(CNc2nc(NC3CCN(Cc4ccc(C(F)(F)F)cc4)CC3)cc(N3CCOCC3)n2)nn1. The Bertz CT molecular complexity index is 1410. The summed E-state index contributed by atoms with van der Waals surface area (Å²) in [6.07, 6.45) is 0.248. The van der Waals surface area contributed by atoms with E-state index in [0.717, 1.165) is 80.5 Å². The van der Waals surface area contributed by atoms with Crippen LogP contribution < -0.4 is 15.5 Å². The number of piperidine rings is 1. The fourth-order valence-electron chi connectivity index (χ4n) is 5.43. The molecule has 2 aliphatic rings. The Morgan fingerprint density at radius 2 is 1.83 bits per heavy atom. The van der Waals surface area contributed by atoms with Crippen LogP contribution in [0.3, 0.4) is 0 Å². The van der Waals surface area contributed by atoms with Crippen molar-refractivity contribution in [1.82, 2.24) is 29.9 Å². The van der Waals surface area contributed by atoms with Gasteiger partial charge in [-0.3, -0.25) is 14.4 Å². The first-order valence-corrected chi connectivity index (χ1v) is 15.9. The molecule has 13 nitrogen and oxygen atoms in total. The Hall–Kier alpha value is -4.02. The van der Waals surface area contributed by atoms with E-state index in [0.29, 0.717) is 52.0 Å². The van der Waals surface area contributed by atoms with E-state index >= 15 is 0 Å². The van der Waals surface area contributed by atoms with Crippen molar-refractivity contribution in [3.05, 3.63) is 53.3 Å². The number of hydrogen-bond acceptors (Lipinski definition) is 12. The maximum absolute atomic E-state index is 12.9. The highest BCUT2D eigenvalue weighted by Crippen LogP contribution is 2.29. The number of morpholine rings is 1. The molecule has 2 aliphatic heterocycles. The number of nitrogens with one attached hydrogen (secondary N) is 2. The number of aryl methyl sites for hydroxylation is 1. The van der Waals surface area contributed by atoms with Gasteiger partial charge in [-0.25, -0.2) is 0 Å². The molecule has 0 atom stereocenters. The predicted octanol–water partition coefficient (Wildman–Crippen LogP) is 3.58. The summed E-state index contributed by atoms with van der Waals surface area (Å²) < 4.78 is 56.1. The zero-order valence-electron chi connectivity index (χ0n) is 26.5. The zero-order chi connectivity index (χ0) is 33.1. The van der Waals surface area contributed by atoms with Gasteiger partial charge in [0.1, 0.15) is 17.3 Å². The minimum atomic E-state index is -4.33. The molecule has 2 saturated heterocycles. The average Bonchev–Trinajstić information content (AvgIpc) is 3.54. The smallest absolute Gasteiger partial charge is 0.416 e. The minimum absolute atomic E-state index is 0.198. The highest BCUT2D eigenvalue weighted by Gasteiger charge is 2.30. The normalized spacial score (nSPS) is 16.3. The molecule has 2 aromatic heterocycles. The van der Waals surface area contributed by atoms with Crippen molar-refractivity contribution < 1.29 is 32.2 Å². The van der Waals surface area contributed by atoms with Gasteiger partial charge in [0.2, 0.25) is 5.95 Å². The van der Waals surface area contributed by atoms with Gasteiger partial charge < -0.3 is 29.7 Å². The van der Waals surface area contributed by atoms with Crippen LogP contribution in [0.1, 0.15) is 42.5 Å². The maximum atomic E-state index is 12.9. The van der Waals surface area contributed by atoms with Gasteiger partial charge in [-0.1, -0.05) is 17.3 Å². The van der Waals surface area contributed by atoms with E-state index in [-0.39, 0.29) is 18.4 Å². The summed E-state index contributed by atoms with van der Waals surface area (Å²) in [4.78, 5) is 25.1. The molecule has 0 aliphatic carbocycles. The average molecular weight is 662 g/mol. The molecule has 256 valence electrons. The third kappa shape index (κ3) is 10.8. The standard InChI is InChI=1S/C31H42F3N9O4/c1-45-29(44)9-16-46-15-2-10-43-22-26(39-40-43)20-35-30-37-27(19-28(38-30)42-13-17-47-18-14-42)36-25-7-11-41(12-8-25)21-23-3-5-24(6-4-23)31(32,33)34/h3-6,19,22,25H,2,7-18,20-21H2,1H3,(H2,35,36,37,38). The molecule has 5 rings (SSSR count). The molecule has 1 aromatic carbocycles. The van der Waals surface area contributed by atoms with Gasteiger partial charge >= 0.3 is 12.1 Å². The second-order valence-corrected chi connectivity index (χ2v) is 11.5. The summed E-state index contributed by atoms with van der Waals surface area (Å²) in [6, 6.07) is 7.57. The van der Waals surface area contributed by atoms with E-state index in [4.69, 9.17) is 19.4 Å². The van der Waals surface area contributed by atoms with Crippen LogP contribution in [0.5, 0.6) is 0 Å². The Morgan fingerprint density at radius 3 is 2.55 bits per heavy atom. The van der Waals surface area contributed by atoms with Gasteiger partial charge in [0, 0.05) is 58.0 Å². The van der Waals surface area contributed by atoms with E-state index in [1.165, 1.54) is 7.11 Å². The molecule has 3 aromatic rings. The zero-order valence-corrected chi connectivity index (χ0v) is 26.5. The number of rotatable bonds is 15. The van der Waals surface area contributed by atoms with Crippen molar-refractivity contribution in [2.75, 3.05) is 75.2 Å². The summed E-state index contributed by atoms with van der Waals surface area (Å²) >= 11 is 0. The molecular formula is C31H42F3N9O4. The number of halogens is 3. The molecule has 0 saturated carbocycles. The van der Waals surface area contributed by atoms with Crippen molar-refractivity contribution in [2.45, 2.75) is 57.5 Å². The van der Waals surface area contributed by atoms with Gasteiger partial charge in [0.25, 0.3) is 0 Å². The van der Waals surface area contributed by atoms with Crippen LogP contribution in [0.15, 0.2) is 36.5 Å². The van der Waals surface area contributed by atoms with Crippen LogP contribution >= 0.6 is 0 Å². The number of benzene rings is 1. The molecule has 47 heavy (non-hydrogen) atoms. The van der Waals surface area contributed by atoms with Crippen molar-refractivity contribution in [3.8, 4) is 0 Å². The third-order valence-corrected chi connectivity index (χ3v) is 8.04. The summed E-state index contributed by atoms with van der Waals surface area (Å²) in [7, 11) is 1.36. The van der Waals surface area contributed by atoms with E-state index in [1.54, 1.807) is 16.8 Å². The Labute approximate surface area is 271 Å². The molecule has 0 bridgehead atoms. The maximum Gasteiger partial charge on any atom is 0.416 e. The molecule has 0 radical (unpaired) electrons. The third-order valence-electron chi connectivity index (χ3n) is 8.04. The quantitative estimate of drug-likeness (QED) is 0.182. The number of likely N-dealkylation sites (tertiary alicyclic amines) is 1. The summed E-state index contributed by atoms with van der Waals surface area (Å²) in [6.45, 7) is 6.83. The fourth-order valence-corrected chi connectivity index (χ4v) is 5.43. The van der Waals surface area contributed by atoms with Crippen molar-refractivity contribution in [3.63, 3.8) is 0 Å². The highest BCUT2D eigenvalue weighted by molar-refractivity contribution is 5.69.